The first-order valence-corrected chi connectivity index (χ1v) is 8.51. The molecule has 0 radical (unpaired) electrons. The zero-order valence-electron chi connectivity index (χ0n) is 14.9. The van der Waals surface area contributed by atoms with Crippen LogP contribution in [0.1, 0.15) is 31.9 Å². The van der Waals surface area contributed by atoms with Crippen LogP contribution < -0.4 is 16.7 Å². The average Bonchev–Trinajstić information content (AvgIpc) is 2.54. The number of rotatable bonds is 4. The Hall–Kier alpha value is -2.59. The Kier molecular flexibility index (Phi) is 4.64. The standard InChI is InChI=1S/C21H24N2O2/c1-21(2,3)15-4-6-16(7-5-15)23-17-8-9-18-14(10-11-22)12-20(24)25-19(18)13-17/h4-9,12-13,23H,10-11,22H2,1-3H3. The third kappa shape index (κ3) is 3.91. The maximum absolute atomic E-state index is 11.8. The molecule has 3 N–H and O–H groups in total. The molecule has 130 valence electrons. The summed E-state index contributed by atoms with van der Waals surface area (Å²) in [5, 5.41) is 4.29. The minimum Gasteiger partial charge on any atom is -0.423 e. The highest BCUT2D eigenvalue weighted by Gasteiger charge is 2.13. The van der Waals surface area contributed by atoms with Gasteiger partial charge in [0.1, 0.15) is 5.58 Å². The van der Waals surface area contributed by atoms with Gasteiger partial charge in [-0.05, 0) is 53.8 Å². The molecule has 0 unspecified atom stereocenters. The zero-order valence-corrected chi connectivity index (χ0v) is 14.9. The molecule has 0 saturated heterocycles. The second kappa shape index (κ2) is 6.73. The number of hydrogen-bond donors (Lipinski definition) is 2. The molecule has 0 aliphatic rings. The number of anilines is 2. The van der Waals surface area contributed by atoms with Crippen molar-refractivity contribution in [2.24, 2.45) is 5.73 Å². The SMILES string of the molecule is CC(C)(C)c1ccc(Nc2ccc3c(CCN)cc(=O)oc3c2)cc1. The lowest BCUT2D eigenvalue weighted by molar-refractivity contribution is 0.559. The smallest absolute Gasteiger partial charge is 0.336 e. The summed E-state index contributed by atoms with van der Waals surface area (Å²) < 4.78 is 5.35. The summed E-state index contributed by atoms with van der Waals surface area (Å²) in [7, 11) is 0. The van der Waals surface area contributed by atoms with E-state index < -0.39 is 0 Å². The topological polar surface area (TPSA) is 68.3 Å². The molecule has 0 fully saturated rings. The van der Waals surface area contributed by atoms with Crippen molar-refractivity contribution in [1.82, 2.24) is 0 Å². The fraction of sp³-hybridized carbons (Fsp3) is 0.286. The Balaban J connectivity index is 1.91. The Morgan fingerprint density at radius 3 is 2.32 bits per heavy atom. The lowest BCUT2D eigenvalue weighted by atomic mass is 9.87. The van der Waals surface area contributed by atoms with Crippen LogP contribution in [-0.4, -0.2) is 6.54 Å². The van der Waals surface area contributed by atoms with Gasteiger partial charge in [0.2, 0.25) is 0 Å². The molecule has 25 heavy (non-hydrogen) atoms. The Labute approximate surface area is 147 Å². The van der Waals surface area contributed by atoms with E-state index in [2.05, 4.69) is 50.4 Å². The van der Waals surface area contributed by atoms with Gasteiger partial charge in [0.25, 0.3) is 0 Å². The lowest BCUT2D eigenvalue weighted by Crippen LogP contribution is -2.10. The monoisotopic (exact) mass is 336 g/mol. The molecule has 3 aromatic rings. The minimum absolute atomic E-state index is 0.129. The maximum Gasteiger partial charge on any atom is 0.336 e. The molecule has 0 bridgehead atoms. The first-order chi connectivity index (χ1) is 11.9. The molecule has 0 saturated carbocycles. The van der Waals surface area contributed by atoms with Gasteiger partial charge in [-0.1, -0.05) is 32.9 Å². The summed E-state index contributed by atoms with van der Waals surface area (Å²) in [5.41, 5.74) is 10.1. The van der Waals surface area contributed by atoms with Crippen molar-refractivity contribution in [2.45, 2.75) is 32.6 Å². The molecular weight excluding hydrogens is 312 g/mol. The highest BCUT2D eigenvalue weighted by Crippen LogP contribution is 2.27. The predicted molar refractivity (Wildman–Crippen MR) is 104 cm³/mol. The molecule has 0 spiro atoms. The van der Waals surface area contributed by atoms with E-state index in [1.165, 1.54) is 11.6 Å². The third-order valence-electron chi connectivity index (χ3n) is 4.28. The van der Waals surface area contributed by atoms with E-state index in [4.69, 9.17) is 10.2 Å². The predicted octanol–water partition coefficient (Wildman–Crippen LogP) is 4.34. The largest absolute Gasteiger partial charge is 0.423 e. The fourth-order valence-electron chi connectivity index (χ4n) is 2.89. The van der Waals surface area contributed by atoms with Crippen molar-refractivity contribution >= 4 is 22.3 Å². The van der Waals surface area contributed by atoms with Crippen molar-refractivity contribution in [1.29, 1.82) is 0 Å². The van der Waals surface area contributed by atoms with Crippen LogP contribution in [0.3, 0.4) is 0 Å². The maximum atomic E-state index is 11.8. The quantitative estimate of drug-likeness (QED) is 0.696. The minimum atomic E-state index is -0.345. The summed E-state index contributed by atoms with van der Waals surface area (Å²) >= 11 is 0. The van der Waals surface area contributed by atoms with Gasteiger partial charge in [-0.15, -0.1) is 0 Å². The molecular formula is C21H24N2O2. The highest BCUT2D eigenvalue weighted by molar-refractivity contribution is 5.84. The molecule has 0 amide bonds. The average molecular weight is 336 g/mol. The van der Waals surface area contributed by atoms with Crippen LogP contribution in [0.4, 0.5) is 11.4 Å². The van der Waals surface area contributed by atoms with Gasteiger partial charge in [-0.3, -0.25) is 0 Å². The number of nitrogens with two attached hydrogens (primary N) is 1. The summed E-state index contributed by atoms with van der Waals surface area (Å²) in [5.74, 6) is 0. The summed E-state index contributed by atoms with van der Waals surface area (Å²) in [6.45, 7) is 7.08. The van der Waals surface area contributed by atoms with E-state index in [1.807, 2.05) is 18.2 Å². The molecule has 3 rings (SSSR count). The van der Waals surface area contributed by atoms with Gasteiger partial charge in [-0.25, -0.2) is 4.79 Å². The van der Waals surface area contributed by atoms with Gasteiger partial charge in [-0.2, -0.15) is 0 Å². The van der Waals surface area contributed by atoms with Crippen LogP contribution in [-0.2, 0) is 11.8 Å². The van der Waals surface area contributed by atoms with Crippen molar-refractivity contribution in [3.8, 4) is 0 Å². The van der Waals surface area contributed by atoms with Crippen LogP contribution >= 0.6 is 0 Å². The van der Waals surface area contributed by atoms with Crippen molar-refractivity contribution in [3.63, 3.8) is 0 Å². The highest BCUT2D eigenvalue weighted by atomic mass is 16.4. The molecule has 0 aliphatic heterocycles. The van der Waals surface area contributed by atoms with Crippen LogP contribution in [0.5, 0.6) is 0 Å². The van der Waals surface area contributed by atoms with Crippen LogP contribution in [0, 0.1) is 0 Å². The van der Waals surface area contributed by atoms with Gasteiger partial charge >= 0.3 is 5.63 Å². The molecule has 4 nitrogen and oxygen atoms in total. The van der Waals surface area contributed by atoms with E-state index in [0.29, 0.717) is 18.5 Å². The lowest BCUT2D eigenvalue weighted by Gasteiger charge is -2.19. The summed E-state index contributed by atoms with van der Waals surface area (Å²) in [4.78, 5) is 11.8. The van der Waals surface area contributed by atoms with Crippen LogP contribution in [0.2, 0.25) is 0 Å². The normalized spacial score (nSPS) is 11.7. The molecule has 2 aromatic carbocycles. The van der Waals surface area contributed by atoms with E-state index in [1.54, 1.807) is 0 Å². The van der Waals surface area contributed by atoms with Gasteiger partial charge < -0.3 is 15.5 Å². The van der Waals surface area contributed by atoms with E-state index >= 15 is 0 Å². The van der Waals surface area contributed by atoms with E-state index in [9.17, 15) is 4.79 Å². The van der Waals surface area contributed by atoms with Crippen LogP contribution in [0.15, 0.2) is 57.7 Å². The summed E-state index contributed by atoms with van der Waals surface area (Å²) in [6.07, 6.45) is 0.656. The molecule has 1 aromatic heterocycles. The second-order valence-electron chi connectivity index (χ2n) is 7.29. The van der Waals surface area contributed by atoms with E-state index in [-0.39, 0.29) is 11.0 Å². The molecule has 0 aliphatic carbocycles. The van der Waals surface area contributed by atoms with Crippen LogP contribution in [0.25, 0.3) is 11.0 Å². The second-order valence-corrected chi connectivity index (χ2v) is 7.29. The zero-order chi connectivity index (χ0) is 18.0. The van der Waals surface area contributed by atoms with Crippen molar-refractivity contribution in [2.75, 3.05) is 11.9 Å². The van der Waals surface area contributed by atoms with Gasteiger partial charge in [0.15, 0.2) is 0 Å². The fourth-order valence-corrected chi connectivity index (χ4v) is 2.89. The Morgan fingerprint density at radius 2 is 1.68 bits per heavy atom. The van der Waals surface area contributed by atoms with E-state index in [0.717, 1.165) is 22.3 Å². The van der Waals surface area contributed by atoms with Crippen molar-refractivity contribution < 1.29 is 4.42 Å². The first-order valence-electron chi connectivity index (χ1n) is 8.51. The van der Waals surface area contributed by atoms with Gasteiger partial charge in [0.05, 0.1) is 0 Å². The number of nitrogens with one attached hydrogen (secondary N) is 1. The molecule has 4 heteroatoms. The summed E-state index contributed by atoms with van der Waals surface area (Å²) in [6, 6.07) is 15.7. The molecule has 0 atom stereocenters. The molecule has 1 heterocycles. The number of fused-ring (bicyclic) bond motifs is 1. The number of benzene rings is 2. The van der Waals surface area contributed by atoms with Gasteiger partial charge in [0, 0.05) is 28.9 Å². The third-order valence-corrected chi connectivity index (χ3v) is 4.28. The number of hydrogen-bond acceptors (Lipinski definition) is 4. The first kappa shape index (κ1) is 17.2. The van der Waals surface area contributed by atoms with Crippen molar-refractivity contribution in [3.05, 3.63) is 70.1 Å². The Bertz CT molecular complexity index is 935. The Morgan fingerprint density at radius 1 is 1.00 bits per heavy atom.